The summed E-state index contributed by atoms with van der Waals surface area (Å²) in [6, 6.07) is 5.73. The molecule has 0 unspecified atom stereocenters. The average molecular weight is 317 g/mol. The van der Waals surface area contributed by atoms with Crippen molar-refractivity contribution in [1.82, 2.24) is 4.72 Å². The van der Waals surface area contributed by atoms with Gasteiger partial charge in [-0.15, -0.1) is 0 Å². The maximum Gasteiger partial charge on any atom is 0.307 e. The summed E-state index contributed by atoms with van der Waals surface area (Å²) in [5.74, 6) is -0.961. The lowest BCUT2D eigenvalue weighted by Gasteiger charge is -2.08. The number of ether oxygens (including phenoxy) is 2. The zero-order chi connectivity index (χ0) is 15.7. The predicted octanol–water partition coefficient (Wildman–Crippen LogP) is 0.255. The number of hydrogen-bond acceptors (Lipinski definition) is 5. The van der Waals surface area contributed by atoms with Gasteiger partial charge in [-0.05, 0) is 17.7 Å². The van der Waals surface area contributed by atoms with E-state index in [0.29, 0.717) is 18.8 Å². The van der Waals surface area contributed by atoms with Crippen LogP contribution >= 0.6 is 0 Å². The van der Waals surface area contributed by atoms with E-state index in [2.05, 4.69) is 4.72 Å². The van der Waals surface area contributed by atoms with Crippen LogP contribution in [0, 0.1) is 0 Å². The molecular weight excluding hydrogens is 298 g/mol. The van der Waals surface area contributed by atoms with Crippen LogP contribution < -0.4 is 4.72 Å². The summed E-state index contributed by atoms with van der Waals surface area (Å²) in [6.07, 6.45) is -0.138. The number of benzene rings is 1. The molecule has 118 valence electrons. The molecule has 0 fully saturated rings. The fourth-order valence-corrected chi connectivity index (χ4v) is 2.55. The molecule has 1 aromatic carbocycles. The maximum atomic E-state index is 11.9. The van der Waals surface area contributed by atoms with E-state index in [0.717, 1.165) is 0 Å². The lowest BCUT2D eigenvalue weighted by Crippen LogP contribution is -2.27. The van der Waals surface area contributed by atoms with Crippen LogP contribution in [-0.4, -0.2) is 53.0 Å². The van der Waals surface area contributed by atoms with Gasteiger partial charge in [-0.1, -0.05) is 12.1 Å². The van der Waals surface area contributed by atoms with E-state index in [1.807, 2.05) is 0 Å². The molecule has 1 rings (SSSR count). The molecule has 21 heavy (non-hydrogen) atoms. The van der Waals surface area contributed by atoms with Gasteiger partial charge in [0, 0.05) is 13.7 Å². The molecule has 0 saturated heterocycles. The van der Waals surface area contributed by atoms with Gasteiger partial charge in [0.05, 0.1) is 31.1 Å². The Hall–Kier alpha value is -1.48. The van der Waals surface area contributed by atoms with Crippen molar-refractivity contribution < 1.29 is 27.8 Å². The van der Waals surface area contributed by atoms with Crippen molar-refractivity contribution in [2.24, 2.45) is 0 Å². The first-order valence-corrected chi connectivity index (χ1v) is 7.81. The molecule has 0 aliphatic carbocycles. The lowest BCUT2D eigenvalue weighted by atomic mass is 10.2. The van der Waals surface area contributed by atoms with Gasteiger partial charge in [0.15, 0.2) is 0 Å². The van der Waals surface area contributed by atoms with E-state index in [1.165, 1.54) is 24.3 Å². The van der Waals surface area contributed by atoms with Crippen molar-refractivity contribution in [3.05, 3.63) is 29.8 Å². The van der Waals surface area contributed by atoms with E-state index < -0.39 is 16.0 Å². The molecule has 0 heterocycles. The topological polar surface area (TPSA) is 102 Å². The van der Waals surface area contributed by atoms with E-state index >= 15 is 0 Å². The summed E-state index contributed by atoms with van der Waals surface area (Å²) in [5, 5.41) is 8.65. The minimum absolute atomic E-state index is 0.0912. The molecule has 0 spiro atoms. The number of sulfonamides is 1. The molecule has 0 amide bonds. The fraction of sp³-hybridized carbons (Fsp3) is 0.462. The summed E-state index contributed by atoms with van der Waals surface area (Å²) >= 11 is 0. The zero-order valence-corrected chi connectivity index (χ0v) is 12.6. The molecule has 0 radical (unpaired) electrons. The molecule has 0 atom stereocenters. The molecule has 0 aliphatic rings. The average Bonchev–Trinajstić information content (AvgIpc) is 2.42. The van der Waals surface area contributed by atoms with Gasteiger partial charge < -0.3 is 14.6 Å². The van der Waals surface area contributed by atoms with Crippen molar-refractivity contribution in [3.63, 3.8) is 0 Å². The zero-order valence-electron chi connectivity index (χ0n) is 11.7. The Balaban J connectivity index is 2.48. The second-order valence-corrected chi connectivity index (χ2v) is 5.98. The van der Waals surface area contributed by atoms with Crippen LogP contribution in [0.25, 0.3) is 0 Å². The Morgan fingerprint density at radius 2 is 1.86 bits per heavy atom. The highest BCUT2D eigenvalue weighted by atomic mass is 32.2. The van der Waals surface area contributed by atoms with E-state index in [9.17, 15) is 13.2 Å². The highest BCUT2D eigenvalue weighted by molar-refractivity contribution is 7.89. The van der Waals surface area contributed by atoms with Crippen molar-refractivity contribution in [2.45, 2.75) is 11.3 Å². The lowest BCUT2D eigenvalue weighted by molar-refractivity contribution is -0.136. The number of carboxylic acid groups (broad SMARTS) is 1. The normalized spacial score (nSPS) is 11.5. The predicted molar refractivity (Wildman–Crippen MR) is 75.7 cm³/mol. The summed E-state index contributed by atoms with van der Waals surface area (Å²) < 4.78 is 36.2. The first-order chi connectivity index (χ1) is 9.95. The van der Waals surface area contributed by atoms with Crippen LogP contribution in [0.4, 0.5) is 0 Å². The minimum atomic E-state index is -3.61. The Morgan fingerprint density at radius 3 is 2.43 bits per heavy atom. The molecule has 0 aromatic heterocycles. The van der Waals surface area contributed by atoms with Crippen molar-refractivity contribution in [3.8, 4) is 0 Å². The number of nitrogens with one attached hydrogen (secondary N) is 1. The van der Waals surface area contributed by atoms with E-state index in [4.69, 9.17) is 14.6 Å². The summed E-state index contributed by atoms with van der Waals surface area (Å²) in [7, 11) is -2.05. The number of carboxylic acids is 1. The molecule has 0 aliphatic heterocycles. The molecule has 7 nitrogen and oxygen atoms in total. The first kappa shape index (κ1) is 17.6. The van der Waals surface area contributed by atoms with Gasteiger partial charge >= 0.3 is 5.97 Å². The molecule has 2 N–H and O–H groups in total. The minimum Gasteiger partial charge on any atom is -0.481 e. The standard InChI is InChI=1S/C13H19NO6S/c1-19-8-9-20-7-6-14-21(17,18)12-4-2-11(3-5-12)10-13(15)16/h2-5,14H,6-10H2,1H3,(H,15,16). The second-order valence-electron chi connectivity index (χ2n) is 4.22. The molecular formula is C13H19NO6S. The van der Waals surface area contributed by atoms with Crippen LogP contribution in [0.15, 0.2) is 29.2 Å². The number of aliphatic carboxylic acids is 1. The summed E-state index contributed by atoms with van der Waals surface area (Å²) in [6.45, 7) is 1.27. The number of carbonyl (C=O) groups is 1. The van der Waals surface area contributed by atoms with Gasteiger partial charge in [0.25, 0.3) is 0 Å². The SMILES string of the molecule is COCCOCCNS(=O)(=O)c1ccc(CC(=O)O)cc1. The fourth-order valence-electron chi connectivity index (χ4n) is 1.54. The quantitative estimate of drug-likeness (QED) is 0.600. The van der Waals surface area contributed by atoms with E-state index in [-0.39, 0.29) is 24.5 Å². The van der Waals surface area contributed by atoms with Crippen LogP contribution in [-0.2, 0) is 30.7 Å². The van der Waals surface area contributed by atoms with Gasteiger partial charge in [-0.2, -0.15) is 0 Å². The number of rotatable bonds is 10. The Labute approximate surface area is 123 Å². The van der Waals surface area contributed by atoms with Gasteiger partial charge in [-0.25, -0.2) is 13.1 Å². The monoisotopic (exact) mass is 317 g/mol. The van der Waals surface area contributed by atoms with Gasteiger partial charge in [-0.3, -0.25) is 4.79 Å². The van der Waals surface area contributed by atoms with Gasteiger partial charge in [0.2, 0.25) is 10.0 Å². The second kappa shape index (κ2) is 8.73. The molecule has 0 bridgehead atoms. The highest BCUT2D eigenvalue weighted by Gasteiger charge is 2.13. The Kier molecular flexibility index (Phi) is 7.30. The van der Waals surface area contributed by atoms with Crippen molar-refractivity contribution >= 4 is 16.0 Å². The van der Waals surface area contributed by atoms with Crippen LogP contribution in [0.2, 0.25) is 0 Å². The van der Waals surface area contributed by atoms with Crippen LogP contribution in [0.1, 0.15) is 5.56 Å². The van der Waals surface area contributed by atoms with Crippen molar-refractivity contribution in [1.29, 1.82) is 0 Å². The molecule has 0 saturated carbocycles. The Morgan fingerprint density at radius 1 is 1.19 bits per heavy atom. The van der Waals surface area contributed by atoms with Gasteiger partial charge in [0.1, 0.15) is 0 Å². The summed E-state index contributed by atoms with van der Waals surface area (Å²) in [5.41, 5.74) is 0.546. The smallest absolute Gasteiger partial charge is 0.307 e. The highest BCUT2D eigenvalue weighted by Crippen LogP contribution is 2.10. The first-order valence-electron chi connectivity index (χ1n) is 6.33. The third-order valence-corrected chi connectivity index (χ3v) is 4.04. The summed E-state index contributed by atoms with van der Waals surface area (Å²) in [4.78, 5) is 10.6. The van der Waals surface area contributed by atoms with E-state index in [1.54, 1.807) is 7.11 Å². The third kappa shape index (κ3) is 6.67. The number of methoxy groups -OCH3 is 1. The van der Waals surface area contributed by atoms with Crippen LogP contribution in [0.3, 0.4) is 0 Å². The third-order valence-electron chi connectivity index (χ3n) is 2.56. The number of hydrogen-bond donors (Lipinski definition) is 2. The Bertz CT molecular complexity index is 540. The van der Waals surface area contributed by atoms with Crippen molar-refractivity contribution in [2.75, 3.05) is 33.5 Å². The van der Waals surface area contributed by atoms with Crippen LogP contribution in [0.5, 0.6) is 0 Å². The molecule has 1 aromatic rings. The largest absolute Gasteiger partial charge is 0.481 e. The maximum absolute atomic E-state index is 11.9. The molecule has 8 heteroatoms.